The number of amides is 1. The Morgan fingerprint density at radius 1 is 1.19 bits per heavy atom. The number of fused-ring (bicyclic) bond motifs is 3. The van der Waals surface area contributed by atoms with Crippen LogP contribution in [0, 0.1) is 5.92 Å². The molecule has 1 aromatic carbocycles. The van der Waals surface area contributed by atoms with Crippen LogP contribution >= 0.6 is 0 Å². The summed E-state index contributed by atoms with van der Waals surface area (Å²) in [5.74, 6) is 1.51. The van der Waals surface area contributed by atoms with Crippen LogP contribution in [0.2, 0.25) is 0 Å². The average molecular weight is 426 g/mol. The van der Waals surface area contributed by atoms with Crippen molar-refractivity contribution < 1.29 is 23.5 Å². The fourth-order valence-electron chi connectivity index (χ4n) is 4.72. The second-order valence-electron chi connectivity index (χ2n) is 8.44. The van der Waals surface area contributed by atoms with Gasteiger partial charge in [-0.2, -0.15) is 0 Å². The van der Waals surface area contributed by atoms with E-state index in [0.29, 0.717) is 38.3 Å². The normalized spacial score (nSPS) is 17.5. The first-order chi connectivity index (χ1) is 15.0. The van der Waals surface area contributed by atoms with Crippen LogP contribution in [0.1, 0.15) is 56.4 Å². The van der Waals surface area contributed by atoms with Crippen LogP contribution in [0.4, 0.5) is 0 Å². The number of hydrogen-bond acceptors (Lipinski definition) is 5. The third-order valence-electron chi connectivity index (χ3n) is 6.47. The average Bonchev–Trinajstić information content (AvgIpc) is 3.15. The topological polar surface area (TPSA) is 69.0 Å². The van der Waals surface area contributed by atoms with Crippen LogP contribution in [0.25, 0.3) is 16.5 Å². The number of hydrogen-bond donors (Lipinski definition) is 0. The van der Waals surface area contributed by atoms with Gasteiger partial charge in [-0.1, -0.05) is 0 Å². The van der Waals surface area contributed by atoms with Crippen molar-refractivity contribution in [2.75, 3.05) is 26.8 Å². The van der Waals surface area contributed by atoms with E-state index in [4.69, 9.17) is 13.9 Å². The zero-order valence-electron chi connectivity index (χ0n) is 18.7. The van der Waals surface area contributed by atoms with Crippen molar-refractivity contribution in [1.82, 2.24) is 4.90 Å². The number of furan rings is 1. The molecule has 166 valence electrons. The number of piperidine rings is 1. The molecule has 6 nitrogen and oxygen atoms in total. The van der Waals surface area contributed by atoms with Crippen molar-refractivity contribution in [2.24, 2.45) is 5.92 Å². The standard InChI is InChI=1S/C25H31NO5/c1-4-30-25(28)17-9-11-26(12-10-17)24(27)13-16(2)19-14-20-18-7-5-6-8-21(18)31-23(20)15-22(19)29-3/h13-15,17H,4-12H2,1-3H3/b16-13+. The van der Waals surface area contributed by atoms with Crippen molar-refractivity contribution >= 4 is 28.4 Å². The zero-order chi connectivity index (χ0) is 22.0. The molecule has 0 bridgehead atoms. The maximum absolute atomic E-state index is 12.9. The molecule has 2 heterocycles. The van der Waals surface area contributed by atoms with E-state index >= 15 is 0 Å². The molecule has 4 rings (SSSR count). The molecule has 31 heavy (non-hydrogen) atoms. The number of carbonyl (C=O) groups excluding carboxylic acids is 2. The van der Waals surface area contributed by atoms with Gasteiger partial charge in [0.1, 0.15) is 17.1 Å². The number of nitrogens with zero attached hydrogens (tertiary/aromatic N) is 1. The van der Waals surface area contributed by atoms with Crippen molar-refractivity contribution in [3.8, 4) is 5.75 Å². The zero-order valence-corrected chi connectivity index (χ0v) is 18.7. The summed E-state index contributed by atoms with van der Waals surface area (Å²) in [6.45, 7) is 5.29. The summed E-state index contributed by atoms with van der Waals surface area (Å²) < 4.78 is 16.8. The summed E-state index contributed by atoms with van der Waals surface area (Å²) in [6, 6.07) is 4.05. The number of allylic oxidation sites excluding steroid dienone is 1. The van der Waals surface area contributed by atoms with Gasteiger partial charge in [0, 0.05) is 48.2 Å². The molecule has 1 aliphatic heterocycles. The van der Waals surface area contributed by atoms with Gasteiger partial charge in [-0.15, -0.1) is 0 Å². The number of benzene rings is 1. The Kier molecular flexibility index (Phi) is 6.35. The summed E-state index contributed by atoms with van der Waals surface area (Å²) in [6.07, 6.45) is 7.33. The molecule has 2 aliphatic rings. The molecule has 0 N–H and O–H groups in total. The second-order valence-corrected chi connectivity index (χ2v) is 8.44. The van der Waals surface area contributed by atoms with E-state index in [1.807, 2.05) is 24.8 Å². The highest BCUT2D eigenvalue weighted by atomic mass is 16.5. The lowest BCUT2D eigenvalue weighted by Crippen LogP contribution is -2.40. The Morgan fingerprint density at radius 2 is 1.94 bits per heavy atom. The second kappa shape index (κ2) is 9.16. The molecule has 0 saturated carbocycles. The molecular weight excluding hydrogens is 394 g/mol. The van der Waals surface area contributed by atoms with Gasteiger partial charge in [0.15, 0.2) is 0 Å². The largest absolute Gasteiger partial charge is 0.496 e. The van der Waals surface area contributed by atoms with Crippen molar-refractivity contribution in [3.63, 3.8) is 0 Å². The lowest BCUT2D eigenvalue weighted by atomic mass is 9.94. The SMILES string of the molecule is CCOC(=O)C1CCN(C(=O)/C=C(\C)c2cc3c4c(oc3cc2OC)CCCC4)CC1. The van der Waals surface area contributed by atoms with E-state index in [-0.39, 0.29) is 17.8 Å². The highest BCUT2D eigenvalue weighted by molar-refractivity contribution is 5.97. The van der Waals surface area contributed by atoms with Gasteiger partial charge in [-0.25, -0.2) is 0 Å². The van der Waals surface area contributed by atoms with Gasteiger partial charge < -0.3 is 18.8 Å². The van der Waals surface area contributed by atoms with Gasteiger partial charge in [0.05, 0.1) is 19.6 Å². The minimum atomic E-state index is -0.150. The van der Waals surface area contributed by atoms with Gasteiger partial charge >= 0.3 is 5.97 Å². The molecule has 6 heteroatoms. The van der Waals surface area contributed by atoms with Gasteiger partial charge in [-0.05, 0) is 57.6 Å². The number of esters is 1. The Bertz CT molecular complexity index is 1010. The van der Waals surface area contributed by atoms with Gasteiger partial charge in [0.25, 0.3) is 0 Å². The van der Waals surface area contributed by atoms with Crippen LogP contribution in [0.3, 0.4) is 0 Å². The quantitative estimate of drug-likeness (QED) is 0.520. The van der Waals surface area contributed by atoms with Gasteiger partial charge in [0.2, 0.25) is 5.91 Å². The molecule has 1 aromatic heterocycles. The van der Waals surface area contributed by atoms with E-state index in [1.54, 1.807) is 13.2 Å². The van der Waals surface area contributed by atoms with E-state index in [1.165, 1.54) is 12.0 Å². The predicted octanol–water partition coefficient (Wildman–Crippen LogP) is 4.53. The first kappa shape index (κ1) is 21.5. The summed E-state index contributed by atoms with van der Waals surface area (Å²) in [4.78, 5) is 26.6. The monoisotopic (exact) mass is 425 g/mol. The fraction of sp³-hybridized carbons (Fsp3) is 0.520. The maximum atomic E-state index is 12.9. The summed E-state index contributed by atoms with van der Waals surface area (Å²) >= 11 is 0. The smallest absolute Gasteiger partial charge is 0.309 e. The lowest BCUT2D eigenvalue weighted by molar-refractivity contribution is -0.150. The molecule has 1 saturated heterocycles. The van der Waals surface area contributed by atoms with Crippen molar-refractivity contribution in [1.29, 1.82) is 0 Å². The molecule has 1 amide bonds. The molecule has 2 aromatic rings. The number of methoxy groups -OCH3 is 1. The molecule has 0 atom stereocenters. The predicted molar refractivity (Wildman–Crippen MR) is 119 cm³/mol. The minimum absolute atomic E-state index is 0.0313. The van der Waals surface area contributed by atoms with Crippen molar-refractivity contribution in [3.05, 3.63) is 35.1 Å². The highest BCUT2D eigenvalue weighted by Gasteiger charge is 2.28. The third-order valence-corrected chi connectivity index (χ3v) is 6.47. The first-order valence-corrected chi connectivity index (χ1v) is 11.3. The summed E-state index contributed by atoms with van der Waals surface area (Å²) in [5, 5.41) is 1.13. The van der Waals surface area contributed by atoms with Crippen LogP contribution in [0.15, 0.2) is 22.6 Å². The molecule has 0 spiro atoms. The minimum Gasteiger partial charge on any atom is -0.496 e. The number of carbonyl (C=O) groups is 2. The van der Waals surface area contributed by atoms with Crippen LogP contribution < -0.4 is 4.74 Å². The molecular formula is C25H31NO5. The summed E-state index contributed by atoms with van der Waals surface area (Å²) in [7, 11) is 1.64. The lowest BCUT2D eigenvalue weighted by Gasteiger charge is -2.30. The number of aryl methyl sites for hydroxylation is 2. The van der Waals surface area contributed by atoms with E-state index in [9.17, 15) is 9.59 Å². The molecule has 1 fully saturated rings. The fourth-order valence-corrected chi connectivity index (χ4v) is 4.72. The van der Waals surface area contributed by atoms with Crippen LogP contribution in [-0.2, 0) is 27.2 Å². The molecule has 1 aliphatic carbocycles. The number of ether oxygens (including phenoxy) is 2. The molecule has 0 radical (unpaired) electrons. The summed E-state index contributed by atoms with van der Waals surface area (Å²) in [5.41, 5.74) is 3.93. The first-order valence-electron chi connectivity index (χ1n) is 11.3. The van der Waals surface area contributed by atoms with Gasteiger partial charge in [-0.3, -0.25) is 9.59 Å². The Labute approximate surface area is 183 Å². The van der Waals surface area contributed by atoms with E-state index in [2.05, 4.69) is 6.07 Å². The Morgan fingerprint density at radius 3 is 2.65 bits per heavy atom. The van der Waals surface area contributed by atoms with Crippen molar-refractivity contribution in [2.45, 2.75) is 52.4 Å². The van der Waals surface area contributed by atoms with E-state index < -0.39 is 0 Å². The maximum Gasteiger partial charge on any atom is 0.309 e. The Hall–Kier alpha value is -2.76. The number of likely N-dealkylation sites (tertiary alicyclic amines) is 1. The van der Waals surface area contributed by atoms with Crippen LogP contribution in [-0.4, -0.2) is 43.6 Å². The van der Waals surface area contributed by atoms with E-state index in [0.717, 1.165) is 47.1 Å². The molecule has 0 unspecified atom stereocenters. The third kappa shape index (κ3) is 4.34. The Balaban J connectivity index is 1.54. The van der Waals surface area contributed by atoms with Crippen LogP contribution in [0.5, 0.6) is 5.75 Å². The number of rotatable bonds is 5. The highest BCUT2D eigenvalue weighted by Crippen LogP contribution is 2.38.